The molecule has 2 heterocycles. The first kappa shape index (κ1) is 19.3. The van der Waals surface area contributed by atoms with Crippen molar-refractivity contribution in [3.63, 3.8) is 0 Å². The van der Waals surface area contributed by atoms with Gasteiger partial charge in [-0.15, -0.1) is 0 Å². The number of aryl methyl sites for hydroxylation is 1. The molecule has 0 aliphatic carbocycles. The predicted molar refractivity (Wildman–Crippen MR) is 101 cm³/mol. The third-order valence-electron chi connectivity index (χ3n) is 4.79. The molecule has 7 nitrogen and oxygen atoms in total. The molecular weight excluding hydrogens is 347 g/mol. The Kier molecular flexibility index (Phi) is 6.39. The lowest BCUT2D eigenvalue weighted by Crippen LogP contribution is -2.51. The van der Waals surface area contributed by atoms with Crippen LogP contribution in [0.3, 0.4) is 0 Å². The van der Waals surface area contributed by atoms with E-state index in [0.717, 1.165) is 44.0 Å². The van der Waals surface area contributed by atoms with E-state index in [-0.39, 0.29) is 17.9 Å². The van der Waals surface area contributed by atoms with Gasteiger partial charge in [0.15, 0.2) is 0 Å². The number of halogens is 1. The first-order chi connectivity index (χ1) is 13.1. The zero-order valence-electron chi connectivity index (χ0n) is 15.9. The average molecular weight is 374 g/mol. The van der Waals surface area contributed by atoms with Crippen LogP contribution in [0.25, 0.3) is 0 Å². The second-order valence-corrected chi connectivity index (χ2v) is 6.90. The van der Waals surface area contributed by atoms with Crippen molar-refractivity contribution in [2.75, 3.05) is 26.2 Å². The summed E-state index contributed by atoms with van der Waals surface area (Å²) in [6.45, 7) is 8.50. The molecule has 1 aromatic heterocycles. The first-order valence-electron chi connectivity index (χ1n) is 9.46. The predicted octanol–water partition coefficient (Wildman–Crippen LogP) is 2.42. The van der Waals surface area contributed by atoms with E-state index >= 15 is 0 Å². The Morgan fingerprint density at radius 2 is 1.93 bits per heavy atom. The molecule has 1 aliphatic heterocycles. The number of benzene rings is 1. The molecule has 0 unspecified atom stereocenters. The zero-order valence-corrected chi connectivity index (χ0v) is 15.9. The molecule has 0 radical (unpaired) electrons. The SMILES string of the molecule is CCCn1ncnc1[C@H](C)NC(=O)N1CCN(Cc2ccc(F)cc2)CC1. The lowest BCUT2D eigenvalue weighted by molar-refractivity contribution is 0.133. The second-order valence-electron chi connectivity index (χ2n) is 6.90. The van der Waals surface area contributed by atoms with Gasteiger partial charge in [0.25, 0.3) is 0 Å². The van der Waals surface area contributed by atoms with Crippen molar-refractivity contribution >= 4 is 6.03 Å². The highest BCUT2D eigenvalue weighted by Crippen LogP contribution is 2.12. The largest absolute Gasteiger partial charge is 0.328 e. The molecule has 1 aromatic carbocycles. The van der Waals surface area contributed by atoms with Crippen LogP contribution in [0.4, 0.5) is 9.18 Å². The van der Waals surface area contributed by atoms with E-state index in [1.54, 1.807) is 0 Å². The van der Waals surface area contributed by atoms with Crippen molar-refractivity contribution in [3.8, 4) is 0 Å². The smallest absolute Gasteiger partial charge is 0.318 e. The summed E-state index contributed by atoms with van der Waals surface area (Å²) in [5, 5.41) is 7.24. The molecule has 2 aromatic rings. The third-order valence-corrected chi connectivity index (χ3v) is 4.79. The maximum atomic E-state index is 13.0. The van der Waals surface area contributed by atoms with Gasteiger partial charge in [0, 0.05) is 39.3 Å². The fourth-order valence-electron chi connectivity index (χ4n) is 3.29. The molecule has 0 bridgehead atoms. The Morgan fingerprint density at radius 1 is 1.22 bits per heavy atom. The summed E-state index contributed by atoms with van der Waals surface area (Å²) in [5.74, 6) is 0.560. The van der Waals surface area contributed by atoms with E-state index in [1.165, 1.54) is 18.5 Å². The molecule has 1 atom stereocenters. The minimum Gasteiger partial charge on any atom is -0.328 e. The van der Waals surface area contributed by atoms with Gasteiger partial charge in [-0.2, -0.15) is 5.10 Å². The number of hydrogen-bond donors (Lipinski definition) is 1. The zero-order chi connectivity index (χ0) is 19.2. The topological polar surface area (TPSA) is 66.3 Å². The minimum atomic E-state index is -0.218. The number of piperazine rings is 1. The van der Waals surface area contributed by atoms with Crippen molar-refractivity contribution in [1.29, 1.82) is 0 Å². The van der Waals surface area contributed by atoms with Gasteiger partial charge < -0.3 is 10.2 Å². The van der Waals surface area contributed by atoms with E-state index in [4.69, 9.17) is 0 Å². The van der Waals surface area contributed by atoms with Crippen LogP contribution in [0.1, 0.15) is 37.7 Å². The number of nitrogens with one attached hydrogen (secondary N) is 1. The molecule has 2 amide bonds. The summed E-state index contributed by atoms with van der Waals surface area (Å²) in [4.78, 5) is 21.0. The molecule has 0 saturated carbocycles. The molecular formula is C19H27FN6O. The summed E-state index contributed by atoms with van der Waals surface area (Å²) in [5.41, 5.74) is 1.08. The normalized spacial score (nSPS) is 16.3. The Balaban J connectivity index is 1.48. The highest BCUT2D eigenvalue weighted by molar-refractivity contribution is 5.74. The molecule has 8 heteroatoms. The fourth-order valence-corrected chi connectivity index (χ4v) is 3.29. The van der Waals surface area contributed by atoms with Gasteiger partial charge in [0.05, 0.1) is 6.04 Å². The van der Waals surface area contributed by atoms with Crippen LogP contribution < -0.4 is 5.32 Å². The van der Waals surface area contributed by atoms with E-state index < -0.39 is 0 Å². The highest BCUT2D eigenvalue weighted by atomic mass is 19.1. The fraction of sp³-hybridized carbons (Fsp3) is 0.526. The van der Waals surface area contributed by atoms with E-state index in [9.17, 15) is 9.18 Å². The van der Waals surface area contributed by atoms with Crippen LogP contribution in [0, 0.1) is 5.82 Å². The maximum Gasteiger partial charge on any atom is 0.318 e. The molecule has 1 N–H and O–H groups in total. The standard InChI is InChI=1S/C19H27FN6O/c1-3-8-26-18(21-14-22-26)15(2)23-19(27)25-11-9-24(10-12-25)13-16-4-6-17(20)7-5-16/h4-7,14-15H,3,8-13H2,1-2H3,(H,23,27)/t15-/m0/s1. The van der Waals surface area contributed by atoms with Crippen LogP contribution in [0.2, 0.25) is 0 Å². The van der Waals surface area contributed by atoms with Gasteiger partial charge in [-0.3, -0.25) is 4.90 Å². The number of carbonyl (C=O) groups excluding carboxylic acids is 1. The first-order valence-corrected chi connectivity index (χ1v) is 9.46. The molecule has 3 rings (SSSR count). The Bertz CT molecular complexity index is 739. The van der Waals surface area contributed by atoms with Gasteiger partial charge in [-0.25, -0.2) is 18.9 Å². The van der Waals surface area contributed by atoms with Crippen molar-refractivity contribution < 1.29 is 9.18 Å². The van der Waals surface area contributed by atoms with Gasteiger partial charge >= 0.3 is 6.03 Å². The average Bonchev–Trinajstić information content (AvgIpc) is 3.13. The van der Waals surface area contributed by atoms with Crippen LogP contribution in [-0.4, -0.2) is 56.8 Å². The molecule has 0 spiro atoms. The summed E-state index contributed by atoms with van der Waals surface area (Å²) in [6, 6.07) is 6.32. The summed E-state index contributed by atoms with van der Waals surface area (Å²) >= 11 is 0. The number of rotatable bonds is 6. The molecule has 1 saturated heterocycles. The summed E-state index contributed by atoms with van der Waals surface area (Å²) in [7, 11) is 0. The molecule has 1 fully saturated rings. The Morgan fingerprint density at radius 3 is 2.59 bits per heavy atom. The number of urea groups is 1. The van der Waals surface area contributed by atoms with Gasteiger partial charge in [-0.1, -0.05) is 19.1 Å². The summed E-state index contributed by atoms with van der Waals surface area (Å²) < 4.78 is 14.8. The van der Waals surface area contributed by atoms with Crippen LogP contribution >= 0.6 is 0 Å². The monoisotopic (exact) mass is 374 g/mol. The van der Waals surface area contributed by atoms with Crippen molar-refractivity contribution in [2.24, 2.45) is 0 Å². The van der Waals surface area contributed by atoms with Gasteiger partial charge in [0.2, 0.25) is 0 Å². The van der Waals surface area contributed by atoms with Crippen molar-refractivity contribution in [1.82, 2.24) is 29.9 Å². The second kappa shape index (κ2) is 8.94. The van der Waals surface area contributed by atoms with Crippen LogP contribution in [0.15, 0.2) is 30.6 Å². The number of nitrogens with zero attached hydrogens (tertiary/aromatic N) is 5. The van der Waals surface area contributed by atoms with Gasteiger partial charge in [-0.05, 0) is 31.0 Å². The van der Waals surface area contributed by atoms with Crippen LogP contribution in [0.5, 0.6) is 0 Å². The number of aromatic nitrogens is 3. The molecule has 27 heavy (non-hydrogen) atoms. The number of carbonyl (C=O) groups is 1. The maximum absolute atomic E-state index is 13.0. The van der Waals surface area contributed by atoms with Crippen molar-refractivity contribution in [2.45, 2.75) is 39.4 Å². The van der Waals surface area contributed by atoms with Gasteiger partial charge in [0.1, 0.15) is 18.0 Å². The minimum absolute atomic E-state index is 0.0741. The summed E-state index contributed by atoms with van der Waals surface area (Å²) in [6.07, 6.45) is 2.49. The Hall–Kier alpha value is -2.48. The lowest BCUT2D eigenvalue weighted by atomic mass is 10.2. The highest BCUT2D eigenvalue weighted by Gasteiger charge is 2.23. The number of hydrogen-bond acceptors (Lipinski definition) is 4. The van der Waals surface area contributed by atoms with Crippen molar-refractivity contribution in [3.05, 3.63) is 47.8 Å². The number of amides is 2. The lowest BCUT2D eigenvalue weighted by Gasteiger charge is -2.35. The van der Waals surface area contributed by atoms with E-state index in [0.29, 0.717) is 13.1 Å². The Labute approximate surface area is 159 Å². The quantitative estimate of drug-likeness (QED) is 0.843. The molecule has 146 valence electrons. The van der Waals surface area contributed by atoms with E-state index in [2.05, 4.69) is 27.2 Å². The van der Waals surface area contributed by atoms with Crippen LogP contribution in [-0.2, 0) is 13.1 Å². The molecule has 1 aliphatic rings. The van der Waals surface area contributed by atoms with E-state index in [1.807, 2.05) is 28.6 Å². The third kappa shape index (κ3) is 5.03.